The Balaban J connectivity index is 1.44. The van der Waals surface area contributed by atoms with E-state index in [1.54, 1.807) is 4.68 Å². The molecule has 1 amide bonds. The predicted molar refractivity (Wildman–Crippen MR) is 124 cm³/mol. The Bertz CT molecular complexity index is 1170. The number of nitrogens with one attached hydrogen (secondary N) is 1. The van der Waals surface area contributed by atoms with Crippen molar-refractivity contribution < 1.29 is 14.3 Å². The number of fused-ring (bicyclic) bond motifs is 1. The van der Waals surface area contributed by atoms with E-state index in [0.29, 0.717) is 27.9 Å². The number of carbonyl (C=O) groups excluding carboxylic acids is 1. The SMILES string of the molecule is Cc1nn(-c2ccccc2)c(Cl)c1/C=N/NC(=O)[C@H]1COc2ccc(C(C)(C)C)cc2O1. The first kappa shape index (κ1) is 21.9. The highest BCUT2D eigenvalue weighted by Gasteiger charge is 2.28. The van der Waals surface area contributed by atoms with Crippen LogP contribution in [0.2, 0.25) is 5.15 Å². The number of halogens is 1. The Morgan fingerprint density at radius 3 is 2.69 bits per heavy atom. The van der Waals surface area contributed by atoms with Crippen LogP contribution in [-0.2, 0) is 10.2 Å². The molecule has 32 heavy (non-hydrogen) atoms. The van der Waals surface area contributed by atoms with E-state index in [4.69, 9.17) is 21.1 Å². The fourth-order valence-corrected chi connectivity index (χ4v) is 3.62. The average molecular weight is 453 g/mol. The third kappa shape index (κ3) is 4.48. The second-order valence-corrected chi connectivity index (χ2v) is 8.96. The number of benzene rings is 2. The number of hydrogen-bond acceptors (Lipinski definition) is 5. The summed E-state index contributed by atoms with van der Waals surface area (Å²) in [4.78, 5) is 12.6. The number of para-hydroxylation sites is 1. The van der Waals surface area contributed by atoms with Crippen LogP contribution in [0.25, 0.3) is 5.69 Å². The predicted octanol–water partition coefficient (Wildman–Crippen LogP) is 4.42. The van der Waals surface area contributed by atoms with Gasteiger partial charge in [0.15, 0.2) is 11.5 Å². The maximum atomic E-state index is 12.6. The summed E-state index contributed by atoms with van der Waals surface area (Å²) in [6.07, 6.45) is 0.677. The van der Waals surface area contributed by atoms with E-state index in [0.717, 1.165) is 11.3 Å². The number of ether oxygens (including phenoxy) is 2. The zero-order chi connectivity index (χ0) is 22.9. The summed E-state index contributed by atoms with van der Waals surface area (Å²) >= 11 is 6.49. The van der Waals surface area contributed by atoms with Crippen LogP contribution in [-0.4, -0.2) is 34.6 Å². The molecule has 4 rings (SSSR count). The van der Waals surface area contributed by atoms with E-state index in [1.807, 2.05) is 55.5 Å². The minimum atomic E-state index is -0.807. The molecule has 1 aromatic heterocycles. The van der Waals surface area contributed by atoms with Gasteiger partial charge in [-0.25, -0.2) is 10.1 Å². The van der Waals surface area contributed by atoms with Crippen molar-refractivity contribution in [3.63, 3.8) is 0 Å². The molecule has 166 valence electrons. The van der Waals surface area contributed by atoms with E-state index >= 15 is 0 Å². The zero-order valence-corrected chi connectivity index (χ0v) is 19.2. The maximum absolute atomic E-state index is 12.6. The largest absolute Gasteiger partial charge is 0.485 e. The molecule has 7 nitrogen and oxygen atoms in total. The first-order valence-corrected chi connectivity index (χ1v) is 10.7. The lowest BCUT2D eigenvalue weighted by molar-refractivity contribution is -0.130. The van der Waals surface area contributed by atoms with Crippen LogP contribution in [0.5, 0.6) is 11.5 Å². The van der Waals surface area contributed by atoms with Gasteiger partial charge in [0.25, 0.3) is 5.91 Å². The van der Waals surface area contributed by atoms with Crippen molar-refractivity contribution in [1.29, 1.82) is 0 Å². The minimum Gasteiger partial charge on any atom is -0.485 e. The van der Waals surface area contributed by atoms with Gasteiger partial charge in [0, 0.05) is 0 Å². The molecule has 3 aromatic rings. The number of rotatable bonds is 4. The number of hydrogen-bond donors (Lipinski definition) is 1. The lowest BCUT2D eigenvalue weighted by Gasteiger charge is -2.27. The van der Waals surface area contributed by atoms with Gasteiger partial charge in [-0.3, -0.25) is 4.79 Å². The van der Waals surface area contributed by atoms with Gasteiger partial charge in [0.2, 0.25) is 6.10 Å². The van der Waals surface area contributed by atoms with Crippen LogP contribution in [0.3, 0.4) is 0 Å². The van der Waals surface area contributed by atoms with Gasteiger partial charge >= 0.3 is 0 Å². The molecule has 2 heterocycles. The Labute approximate surface area is 192 Å². The van der Waals surface area contributed by atoms with Crippen LogP contribution < -0.4 is 14.9 Å². The summed E-state index contributed by atoms with van der Waals surface area (Å²) in [6, 6.07) is 15.3. The molecule has 0 saturated carbocycles. The summed E-state index contributed by atoms with van der Waals surface area (Å²) in [5.74, 6) is 0.773. The molecule has 0 fully saturated rings. The first-order chi connectivity index (χ1) is 15.2. The molecule has 1 atom stereocenters. The lowest BCUT2D eigenvalue weighted by Crippen LogP contribution is -2.42. The van der Waals surface area contributed by atoms with Crippen molar-refractivity contribution >= 4 is 23.7 Å². The molecule has 0 radical (unpaired) electrons. The van der Waals surface area contributed by atoms with E-state index in [9.17, 15) is 4.79 Å². The number of aryl methyl sites for hydroxylation is 1. The normalized spacial score (nSPS) is 15.7. The number of hydrazone groups is 1. The molecule has 0 aliphatic carbocycles. The van der Waals surface area contributed by atoms with Crippen LogP contribution in [0.1, 0.15) is 37.6 Å². The second-order valence-electron chi connectivity index (χ2n) is 8.60. The monoisotopic (exact) mass is 452 g/mol. The van der Waals surface area contributed by atoms with Crippen molar-refractivity contribution in [2.75, 3.05) is 6.61 Å². The molecule has 0 unspecified atom stereocenters. The van der Waals surface area contributed by atoms with Crippen molar-refractivity contribution in [1.82, 2.24) is 15.2 Å². The third-order valence-electron chi connectivity index (χ3n) is 5.18. The molecule has 0 saturated heterocycles. The molecule has 0 bridgehead atoms. The molecule has 8 heteroatoms. The molecule has 2 aromatic carbocycles. The summed E-state index contributed by atoms with van der Waals surface area (Å²) in [6.45, 7) is 8.28. The summed E-state index contributed by atoms with van der Waals surface area (Å²) in [7, 11) is 0. The number of amides is 1. The van der Waals surface area contributed by atoms with Gasteiger partial charge in [-0.15, -0.1) is 0 Å². The van der Waals surface area contributed by atoms with Crippen LogP contribution in [0, 0.1) is 6.92 Å². The fraction of sp³-hybridized carbons (Fsp3) is 0.292. The van der Waals surface area contributed by atoms with Crippen molar-refractivity contribution in [3.8, 4) is 17.2 Å². The average Bonchev–Trinajstić information content (AvgIpc) is 3.06. The number of carbonyl (C=O) groups is 1. The minimum absolute atomic E-state index is 0.0425. The second kappa shape index (κ2) is 8.67. The van der Waals surface area contributed by atoms with E-state index < -0.39 is 12.0 Å². The highest BCUT2D eigenvalue weighted by molar-refractivity contribution is 6.32. The lowest BCUT2D eigenvalue weighted by atomic mass is 9.87. The summed E-state index contributed by atoms with van der Waals surface area (Å²) in [5, 5.41) is 8.93. The first-order valence-electron chi connectivity index (χ1n) is 10.3. The van der Waals surface area contributed by atoms with Crippen molar-refractivity contribution in [3.05, 3.63) is 70.5 Å². The van der Waals surface area contributed by atoms with Crippen LogP contribution in [0.4, 0.5) is 0 Å². The smallest absolute Gasteiger partial charge is 0.284 e. The molecule has 1 aliphatic rings. The highest BCUT2D eigenvalue weighted by Crippen LogP contribution is 2.36. The Kier molecular flexibility index (Phi) is 5.93. The Morgan fingerprint density at radius 1 is 1.22 bits per heavy atom. The van der Waals surface area contributed by atoms with Gasteiger partial charge in [-0.05, 0) is 42.2 Å². The molecule has 1 aliphatic heterocycles. The highest BCUT2D eigenvalue weighted by atomic mass is 35.5. The molecule has 1 N–H and O–H groups in total. The third-order valence-corrected chi connectivity index (χ3v) is 5.54. The van der Waals surface area contributed by atoms with E-state index in [-0.39, 0.29) is 12.0 Å². The molecular formula is C24H25ClN4O3. The van der Waals surface area contributed by atoms with Crippen molar-refractivity contribution in [2.45, 2.75) is 39.2 Å². The topological polar surface area (TPSA) is 77.7 Å². The standard InChI is InChI=1S/C24H25ClN4O3/c1-15-18(22(25)29(28-15)17-8-6-5-7-9-17)13-26-27-23(30)21-14-31-19-11-10-16(24(2,3)4)12-20(19)32-21/h5-13,21H,14H2,1-4H3,(H,27,30)/b26-13+/t21-/m1/s1. The van der Waals surface area contributed by atoms with Gasteiger partial charge in [-0.2, -0.15) is 10.2 Å². The summed E-state index contributed by atoms with van der Waals surface area (Å²) < 4.78 is 13.2. The van der Waals surface area contributed by atoms with Crippen molar-refractivity contribution in [2.24, 2.45) is 5.10 Å². The quantitative estimate of drug-likeness (QED) is 0.469. The Morgan fingerprint density at radius 2 is 1.97 bits per heavy atom. The van der Waals surface area contributed by atoms with Gasteiger partial charge in [-0.1, -0.05) is 56.6 Å². The van der Waals surface area contributed by atoms with Crippen LogP contribution >= 0.6 is 11.6 Å². The van der Waals surface area contributed by atoms with Gasteiger partial charge < -0.3 is 9.47 Å². The zero-order valence-electron chi connectivity index (χ0n) is 18.4. The molecular weight excluding hydrogens is 428 g/mol. The Hall–Kier alpha value is -3.32. The number of nitrogens with zero attached hydrogens (tertiary/aromatic N) is 3. The van der Waals surface area contributed by atoms with Crippen LogP contribution in [0.15, 0.2) is 53.6 Å². The van der Waals surface area contributed by atoms with Gasteiger partial charge in [0.1, 0.15) is 11.8 Å². The van der Waals surface area contributed by atoms with E-state index in [2.05, 4.69) is 36.4 Å². The number of aromatic nitrogens is 2. The maximum Gasteiger partial charge on any atom is 0.284 e. The van der Waals surface area contributed by atoms with Gasteiger partial charge in [0.05, 0.1) is 23.2 Å². The van der Waals surface area contributed by atoms with E-state index in [1.165, 1.54) is 6.21 Å². The molecule has 0 spiro atoms. The summed E-state index contributed by atoms with van der Waals surface area (Å²) in [5.41, 5.74) is 5.72. The fourth-order valence-electron chi connectivity index (χ4n) is 3.30.